The average molecular weight is 389 g/mol. The summed E-state index contributed by atoms with van der Waals surface area (Å²) >= 11 is 5.65. The average Bonchev–Trinajstić information content (AvgIpc) is 2.51. The minimum atomic E-state index is -3.95. The van der Waals surface area contributed by atoms with Gasteiger partial charge in [-0.2, -0.15) is 0 Å². The molecule has 0 saturated heterocycles. The Morgan fingerprint density at radius 1 is 1.16 bits per heavy atom. The molecule has 134 valence electrons. The Morgan fingerprint density at radius 3 is 2.36 bits per heavy atom. The van der Waals surface area contributed by atoms with Gasteiger partial charge in [-0.15, -0.1) is 0 Å². The van der Waals surface area contributed by atoms with E-state index in [2.05, 4.69) is 5.32 Å². The van der Waals surface area contributed by atoms with E-state index in [4.69, 9.17) is 11.6 Å². The van der Waals surface area contributed by atoms with Gasteiger partial charge in [0.15, 0.2) is 0 Å². The van der Waals surface area contributed by atoms with E-state index in [-0.39, 0.29) is 16.4 Å². The number of hydrogen-bond donors (Lipinski definition) is 1. The molecule has 5 nitrogen and oxygen atoms in total. The van der Waals surface area contributed by atoms with Crippen LogP contribution in [0.15, 0.2) is 42.5 Å². The Labute approximate surface area is 149 Å². The van der Waals surface area contributed by atoms with Crippen LogP contribution in [0, 0.1) is 11.6 Å². The van der Waals surface area contributed by atoms with Crippen LogP contribution in [0.4, 0.5) is 20.2 Å². The van der Waals surface area contributed by atoms with E-state index in [0.29, 0.717) is 4.31 Å². The monoisotopic (exact) mass is 388 g/mol. The summed E-state index contributed by atoms with van der Waals surface area (Å²) < 4.78 is 52.1. The number of hydrogen-bond acceptors (Lipinski definition) is 3. The van der Waals surface area contributed by atoms with E-state index in [0.717, 1.165) is 18.4 Å². The number of anilines is 2. The first-order chi connectivity index (χ1) is 11.6. The van der Waals surface area contributed by atoms with Gasteiger partial charge < -0.3 is 5.32 Å². The van der Waals surface area contributed by atoms with Crippen molar-refractivity contribution >= 4 is 38.9 Å². The molecule has 1 amide bonds. The maximum atomic E-state index is 14.0. The summed E-state index contributed by atoms with van der Waals surface area (Å²) in [4.78, 5) is 12.4. The number of benzene rings is 2. The highest BCUT2D eigenvalue weighted by molar-refractivity contribution is 7.92. The SMILES string of the molecule is C[C@H](C(=O)Nc1ccc(F)c(Cl)c1)N(c1ccccc1F)S(C)(=O)=O. The van der Waals surface area contributed by atoms with Crippen LogP contribution >= 0.6 is 11.6 Å². The van der Waals surface area contributed by atoms with Crippen LogP contribution in [0.5, 0.6) is 0 Å². The van der Waals surface area contributed by atoms with Gasteiger partial charge in [0.05, 0.1) is 17.0 Å². The molecule has 0 aliphatic carbocycles. The summed E-state index contributed by atoms with van der Waals surface area (Å²) in [5, 5.41) is 2.24. The zero-order valence-electron chi connectivity index (χ0n) is 13.3. The molecule has 0 saturated carbocycles. The number of nitrogens with zero attached hydrogens (tertiary/aromatic N) is 1. The van der Waals surface area contributed by atoms with Crippen LogP contribution < -0.4 is 9.62 Å². The van der Waals surface area contributed by atoms with E-state index in [1.807, 2.05) is 0 Å². The molecule has 0 aliphatic heterocycles. The second kappa shape index (κ2) is 7.37. The first kappa shape index (κ1) is 19.1. The predicted octanol–water partition coefficient (Wildman–Crippen LogP) is 3.41. The Balaban J connectivity index is 2.33. The molecule has 1 atom stereocenters. The number of carbonyl (C=O) groups excluding carboxylic acids is 1. The number of nitrogens with one attached hydrogen (secondary N) is 1. The van der Waals surface area contributed by atoms with Crippen LogP contribution in [0.3, 0.4) is 0 Å². The van der Waals surface area contributed by atoms with Crippen molar-refractivity contribution < 1.29 is 22.0 Å². The number of para-hydroxylation sites is 1. The summed E-state index contributed by atoms with van der Waals surface area (Å²) in [5.41, 5.74) is -0.0602. The molecule has 0 spiro atoms. The summed E-state index contributed by atoms with van der Waals surface area (Å²) in [7, 11) is -3.95. The number of amides is 1. The number of rotatable bonds is 5. The number of halogens is 3. The van der Waals surface area contributed by atoms with Crippen molar-refractivity contribution in [3.8, 4) is 0 Å². The molecule has 0 bridgehead atoms. The molecular weight excluding hydrogens is 374 g/mol. The molecule has 0 fully saturated rings. The standard InChI is InChI=1S/C16H15ClF2N2O3S/c1-10(16(22)20-11-7-8-13(18)12(17)9-11)21(25(2,23)24)15-6-4-3-5-14(15)19/h3-10H,1-2H3,(H,20,22)/t10-/m1/s1. The molecule has 25 heavy (non-hydrogen) atoms. The van der Waals surface area contributed by atoms with Gasteiger partial charge in [0, 0.05) is 5.69 Å². The van der Waals surface area contributed by atoms with Gasteiger partial charge in [0.25, 0.3) is 0 Å². The molecular formula is C16H15ClF2N2O3S. The first-order valence-corrected chi connectivity index (χ1v) is 9.33. The minimum Gasteiger partial charge on any atom is -0.324 e. The maximum absolute atomic E-state index is 14.0. The third kappa shape index (κ3) is 4.46. The summed E-state index contributed by atoms with van der Waals surface area (Å²) in [5.74, 6) is -2.16. The number of sulfonamides is 1. The van der Waals surface area contributed by atoms with Gasteiger partial charge in [-0.3, -0.25) is 9.10 Å². The molecule has 2 aromatic rings. The summed E-state index contributed by atoms with van der Waals surface area (Å²) in [6.45, 7) is 1.31. The summed E-state index contributed by atoms with van der Waals surface area (Å²) in [6.07, 6.45) is 0.873. The highest BCUT2D eigenvalue weighted by Crippen LogP contribution is 2.25. The van der Waals surface area contributed by atoms with E-state index in [1.165, 1.54) is 37.3 Å². The van der Waals surface area contributed by atoms with Gasteiger partial charge in [-0.25, -0.2) is 17.2 Å². The van der Waals surface area contributed by atoms with Crippen molar-refractivity contribution in [1.82, 2.24) is 0 Å². The number of carbonyl (C=O) groups is 1. The molecule has 9 heteroatoms. The van der Waals surface area contributed by atoms with E-state index in [9.17, 15) is 22.0 Å². The Bertz CT molecular complexity index is 906. The van der Waals surface area contributed by atoms with E-state index >= 15 is 0 Å². The van der Waals surface area contributed by atoms with Gasteiger partial charge >= 0.3 is 0 Å². The molecule has 0 radical (unpaired) electrons. The maximum Gasteiger partial charge on any atom is 0.247 e. The normalized spacial score (nSPS) is 12.5. The van der Waals surface area contributed by atoms with Gasteiger partial charge in [0.1, 0.15) is 17.7 Å². The lowest BCUT2D eigenvalue weighted by molar-refractivity contribution is -0.116. The van der Waals surface area contributed by atoms with Crippen molar-refractivity contribution in [3.63, 3.8) is 0 Å². The Kier molecular flexibility index (Phi) is 5.64. The zero-order chi connectivity index (χ0) is 18.8. The fourth-order valence-corrected chi connectivity index (χ4v) is 3.59. The molecule has 1 N–H and O–H groups in total. The Hall–Kier alpha value is -2.19. The van der Waals surface area contributed by atoms with Gasteiger partial charge in [-0.1, -0.05) is 23.7 Å². The van der Waals surface area contributed by atoms with Crippen LogP contribution in [0.25, 0.3) is 0 Å². The lowest BCUT2D eigenvalue weighted by Crippen LogP contribution is -2.45. The smallest absolute Gasteiger partial charge is 0.247 e. The van der Waals surface area contributed by atoms with Crippen molar-refractivity contribution in [2.75, 3.05) is 15.9 Å². The highest BCUT2D eigenvalue weighted by atomic mass is 35.5. The van der Waals surface area contributed by atoms with E-state index < -0.39 is 33.6 Å². The van der Waals surface area contributed by atoms with Crippen LogP contribution in [-0.4, -0.2) is 26.6 Å². The second-order valence-electron chi connectivity index (χ2n) is 5.30. The summed E-state index contributed by atoms with van der Waals surface area (Å²) in [6, 6.07) is 7.50. The molecule has 0 aliphatic rings. The Morgan fingerprint density at radius 2 is 1.80 bits per heavy atom. The quantitative estimate of drug-likeness (QED) is 0.853. The topological polar surface area (TPSA) is 66.5 Å². The molecule has 0 aromatic heterocycles. The fraction of sp³-hybridized carbons (Fsp3) is 0.188. The van der Waals surface area contributed by atoms with E-state index in [1.54, 1.807) is 0 Å². The van der Waals surface area contributed by atoms with Gasteiger partial charge in [-0.05, 0) is 37.3 Å². The van der Waals surface area contributed by atoms with Crippen LogP contribution in [-0.2, 0) is 14.8 Å². The molecule has 2 aromatic carbocycles. The lowest BCUT2D eigenvalue weighted by Gasteiger charge is -2.28. The third-order valence-electron chi connectivity index (χ3n) is 3.37. The minimum absolute atomic E-state index is 0.185. The fourth-order valence-electron chi connectivity index (χ4n) is 2.23. The van der Waals surface area contributed by atoms with Crippen molar-refractivity contribution in [2.45, 2.75) is 13.0 Å². The third-order valence-corrected chi connectivity index (χ3v) is 4.88. The largest absolute Gasteiger partial charge is 0.324 e. The highest BCUT2D eigenvalue weighted by Gasteiger charge is 2.31. The second-order valence-corrected chi connectivity index (χ2v) is 7.57. The van der Waals surface area contributed by atoms with Gasteiger partial charge in [0.2, 0.25) is 15.9 Å². The van der Waals surface area contributed by atoms with Crippen molar-refractivity contribution in [1.29, 1.82) is 0 Å². The lowest BCUT2D eigenvalue weighted by atomic mass is 10.2. The van der Waals surface area contributed by atoms with Crippen molar-refractivity contribution in [3.05, 3.63) is 59.1 Å². The van der Waals surface area contributed by atoms with Crippen LogP contribution in [0.2, 0.25) is 5.02 Å². The van der Waals surface area contributed by atoms with Crippen molar-refractivity contribution in [2.24, 2.45) is 0 Å². The zero-order valence-corrected chi connectivity index (χ0v) is 14.9. The van der Waals surface area contributed by atoms with Crippen LogP contribution in [0.1, 0.15) is 6.92 Å². The molecule has 2 rings (SSSR count). The predicted molar refractivity (Wildman–Crippen MR) is 93.2 cm³/mol. The first-order valence-electron chi connectivity index (χ1n) is 7.11. The molecule has 0 unspecified atom stereocenters. The molecule has 0 heterocycles.